The van der Waals surface area contributed by atoms with Crippen molar-refractivity contribution in [3.05, 3.63) is 35.9 Å². The lowest BCUT2D eigenvalue weighted by Gasteiger charge is -2.49. The van der Waals surface area contributed by atoms with E-state index in [1.165, 1.54) is 18.4 Å². The number of hydrogen-bond acceptors (Lipinski definition) is 3. The molecule has 4 nitrogen and oxygen atoms in total. The second-order valence-corrected chi connectivity index (χ2v) is 8.54. The molecule has 1 spiro atoms. The van der Waals surface area contributed by atoms with Crippen LogP contribution in [0.25, 0.3) is 0 Å². The Morgan fingerprint density at radius 1 is 1.17 bits per heavy atom. The molecule has 2 fully saturated rings. The molecule has 132 valence electrons. The number of rotatable bonds is 4. The highest BCUT2D eigenvalue weighted by atomic mass is 16.2. The van der Waals surface area contributed by atoms with Crippen molar-refractivity contribution in [1.29, 1.82) is 0 Å². The summed E-state index contributed by atoms with van der Waals surface area (Å²) in [6.07, 6.45) is 4.15. The molecule has 0 bridgehead atoms. The maximum atomic E-state index is 12.4. The maximum Gasteiger partial charge on any atom is 0.222 e. The molecule has 2 N–H and O–H groups in total. The topological polar surface area (TPSA) is 49.6 Å². The van der Waals surface area contributed by atoms with E-state index in [0.717, 1.165) is 39.1 Å². The molecule has 2 aliphatic rings. The highest BCUT2D eigenvalue weighted by molar-refractivity contribution is 5.77. The lowest BCUT2D eigenvalue weighted by atomic mass is 9.73. The Bertz CT molecular complexity index is 566. The summed E-state index contributed by atoms with van der Waals surface area (Å²) in [4.78, 5) is 17.0. The number of piperidine rings is 2. The summed E-state index contributed by atoms with van der Waals surface area (Å²) >= 11 is 0. The quantitative estimate of drug-likeness (QED) is 0.924. The molecule has 2 saturated heterocycles. The molecule has 4 heteroatoms. The zero-order valence-electron chi connectivity index (χ0n) is 15.1. The Morgan fingerprint density at radius 2 is 1.92 bits per heavy atom. The smallest absolute Gasteiger partial charge is 0.222 e. The maximum absolute atomic E-state index is 12.4. The van der Waals surface area contributed by atoms with Crippen LogP contribution in [0.5, 0.6) is 0 Å². The lowest BCUT2D eigenvalue weighted by molar-refractivity contribution is -0.140. The van der Waals surface area contributed by atoms with Gasteiger partial charge >= 0.3 is 0 Å². The van der Waals surface area contributed by atoms with Crippen LogP contribution in [-0.4, -0.2) is 47.4 Å². The van der Waals surface area contributed by atoms with E-state index in [1.807, 2.05) is 18.2 Å². The number of benzene rings is 1. The van der Waals surface area contributed by atoms with Crippen LogP contribution < -0.4 is 5.73 Å². The zero-order valence-corrected chi connectivity index (χ0v) is 15.1. The molecule has 2 aliphatic heterocycles. The highest BCUT2D eigenvalue weighted by Gasteiger charge is 2.42. The van der Waals surface area contributed by atoms with E-state index in [1.54, 1.807) is 0 Å². The number of likely N-dealkylation sites (tertiary alicyclic amines) is 2. The summed E-state index contributed by atoms with van der Waals surface area (Å²) in [5.41, 5.74) is 7.55. The minimum absolute atomic E-state index is 0.160. The zero-order chi connectivity index (χ0) is 17.2. The third kappa shape index (κ3) is 4.37. The molecule has 1 atom stereocenters. The fourth-order valence-corrected chi connectivity index (χ4v) is 4.40. The van der Waals surface area contributed by atoms with Crippen LogP contribution in [0.4, 0.5) is 0 Å². The van der Waals surface area contributed by atoms with Crippen LogP contribution in [-0.2, 0) is 11.3 Å². The predicted molar refractivity (Wildman–Crippen MR) is 97.5 cm³/mol. The molecule has 2 heterocycles. The normalized spacial score (nSPS) is 26.1. The van der Waals surface area contributed by atoms with Gasteiger partial charge in [-0.3, -0.25) is 4.79 Å². The number of nitrogens with zero attached hydrogens (tertiary/aromatic N) is 2. The van der Waals surface area contributed by atoms with Crippen molar-refractivity contribution in [1.82, 2.24) is 9.80 Å². The van der Waals surface area contributed by atoms with Gasteiger partial charge in [-0.25, -0.2) is 0 Å². The van der Waals surface area contributed by atoms with Crippen LogP contribution >= 0.6 is 0 Å². The van der Waals surface area contributed by atoms with Gasteiger partial charge in [-0.05, 0) is 45.2 Å². The lowest BCUT2D eigenvalue weighted by Crippen LogP contribution is -2.56. The van der Waals surface area contributed by atoms with Crippen molar-refractivity contribution in [2.75, 3.05) is 26.2 Å². The van der Waals surface area contributed by atoms with E-state index in [4.69, 9.17) is 5.73 Å². The van der Waals surface area contributed by atoms with Crippen molar-refractivity contribution in [2.45, 2.75) is 51.6 Å². The Morgan fingerprint density at radius 3 is 2.62 bits per heavy atom. The number of carbonyl (C=O) groups is 1. The predicted octanol–water partition coefficient (Wildman–Crippen LogP) is 2.63. The van der Waals surface area contributed by atoms with Gasteiger partial charge in [0.05, 0.1) is 0 Å². The molecule has 0 aromatic heterocycles. The third-order valence-corrected chi connectivity index (χ3v) is 5.34. The molecular weight excluding hydrogens is 298 g/mol. The number of hydrogen-bond donors (Lipinski definition) is 1. The molecule has 0 saturated carbocycles. The van der Waals surface area contributed by atoms with Gasteiger partial charge < -0.3 is 15.5 Å². The van der Waals surface area contributed by atoms with Gasteiger partial charge in [-0.1, -0.05) is 30.3 Å². The van der Waals surface area contributed by atoms with Crippen LogP contribution in [0.1, 0.15) is 45.1 Å². The van der Waals surface area contributed by atoms with E-state index in [9.17, 15) is 4.79 Å². The average molecular weight is 329 g/mol. The number of carbonyl (C=O) groups excluding carboxylic acids is 1. The van der Waals surface area contributed by atoms with Crippen molar-refractivity contribution >= 4 is 5.91 Å². The van der Waals surface area contributed by atoms with Crippen molar-refractivity contribution in [2.24, 2.45) is 11.1 Å². The second kappa shape index (κ2) is 6.85. The Balaban J connectivity index is 1.68. The molecule has 24 heavy (non-hydrogen) atoms. The number of amides is 1. The second-order valence-electron chi connectivity index (χ2n) is 8.54. The summed E-state index contributed by atoms with van der Waals surface area (Å²) < 4.78 is 0. The molecule has 1 aromatic rings. The molecule has 0 unspecified atom stereocenters. The fourth-order valence-electron chi connectivity index (χ4n) is 4.40. The first-order chi connectivity index (χ1) is 11.4. The van der Waals surface area contributed by atoms with Crippen molar-refractivity contribution in [3.63, 3.8) is 0 Å². The Labute approximate surface area is 146 Å². The molecule has 0 radical (unpaired) electrons. The van der Waals surface area contributed by atoms with Crippen LogP contribution in [0.3, 0.4) is 0 Å². The van der Waals surface area contributed by atoms with Gasteiger partial charge in [0.25, 0.3) is 0 Å². The molecule has 1 aromatic carbocycles. The first kappa shape index (κ1) is 17.4. The SMILES string of the molecule is CC(C)(N)CN1CCC[C@]2(CCC(=O)N(Cc3ccccc3)C2)C1. The monoisotopic (exact) mass is 329 g/mol. The minimum Gasteiger partial charge on any atom is -0.338 e. The molecule has 0 aliphatic carbocycles. The Hall–Kier alpha value is -1.39. The van der Waals surface area contributed by atoms with Gasteiger partial charge in [0.15, 0.2) is 0 Å². The Kier molecular flexibility index (Phi) is 4.97. The van der Waals surface area contributed by atoms with Crippen LogP contribution in [0, 0.1) is 5.41 Å². The van der Waals surface area contributed by atoms with Gasteiger partial charge in [0.1, 0.15) is 0 Å². The van der Waals surface area contributed by atoms with Crippen LogP contribution in [0.15, 0.2) is 30.3 Å². The summed E-state index contributed by atoms with van der Waals surface area (Å²) in [7, 11) is 0. The summed E-state index contributed by atoms with van der Waals surface area (Å²) in [5, 5.41) is 0. The minimum atomic E-state index is -0.160. The van der Waals surface area contributed by atoms with E-state index in [2.05, 4.69) is 35.8 Å². The van der Waals surface area contributed by atoms with E-state index in [-0.39, 0.29) is 11.0 Å². The van der Waals surface area contributed by atoms with Gasteiger partial charge in [-0.2, -0.15) is 0 Å². The van der Waals surface area contributed by atoms with Gasteiger partial charge in [-0.15, -0.1) is 0 Å². The largest absolute Gasteiger partial charge is 0.338 e. The number of nitrogens with two attached hydrogens (primary N) is 1. The summed E-state index contributed by atoms with van der Waals surface area (Å²) in [6, 6.07) is 10.3. The highest BCUT2D eigenvalue weighted by Crippen LogP contribution is 2.39. The first-order valence-electron chi connectivity index (χ1n) is 9.18. The summed E-state index contributed by atoms with van der Waals surface area (Å²) in [5.74, 6) is 0.306. The van der Waals surface area contributed by atoms with E-state index in [0.29, 0.717) is 12.3 Å². The van der Waals surface area contributed by atoms with E-state index >= 15 is 0 Å². The first-order valence-corrected chi connectivity index (χ1v) is 9.18. The van der Waals surface area contributed by atoms with Crippen molar-refractivity contribution in [3.8, 4) is 0 Å². The van der Waals surface area contributed by atoms with Crippen LogP contribution in [0.2, 0.25) is 0 Å². The van der Waals surface area contributed by atoms with Gasteiger partial charge in [0.2, 0.25) is 5.91 Å². The standard InChI is InChI=1S/C20H31N3O/c1-19(2,21)14-22-12-6-10-20(15-22)11-9-18(24)23(16-20)13-17-7-4-3-5-8-17/h3-5,7-8H,6,9-16,21H2,1-2H3/t20-/m0/s1. The summed E-state index contributed by atoms with van der Waals surface area (Å²) in [6.45, 7) is 8.97. The molecule has 1 amide bonds. The van der Waals surface area contributed by atoms with E-state index < -0.39 is 0 Å². The van der Waals surface area contributed by atoms with Gasteiger partial charge in [0, 0.05) is 43.6 Å². The molecular formula is C20H31N3O. The van der Waals surface area contributed by atoms with Crippen molar-refractivity contribution < 1.29 is 4.79 Å². The average Bonchev–Trinajstić information content (AvgIpc) is 2.51. The third-order valence-electron chi connectivity index (χ3n) is 5.34. The molecule has 3 rings (SSSR count). The fraction of sp³-hybridized carbons (Fsp3) is 0.650.